The van der Waals surface area contributed by atoms with E-state index in [0.717, 1.165) is 18.8 Å². The van der Waals surface area contributed by atoms with Gasteiger partial charge in [-0.25, -0.2) is 4.98 Å². The van der Waals surface area contributed by atoms with Gasteiger partial charge < -0.3 is 10.6 Å². The van der Waals surface area contributed by atoms with Crippen LogP contribution in [0.5, 0.6) is 0 Å². The van der Waals surface area contributed by atoms with E-state index >= 15 is 0 Å². The minimum absolute atomic E-state index is 0.439. The molecule has 4 heteroatoms. The molecular formula is C13H18N4. The molecule has 2 N–H and O–H groups in total. The van der Waals surface area contributed by atoms with Crippen LogP contribution in [0.3, 0.4) is 0 Å². The van der Waals surface area contributed by atoms with Crippen molar-refractivity contribution in [2.75, 3.05) is 17.2 Å². The summed E-state index contributed by atoms with van der Waals surface area (Å²) in [4.78, 5) is 6.56. The predicted octanol–water partition coefficient (Wildman–Crippen LogP) is 2.16. The average molecular weight is 230 g/mol. The molecule has 2 atom stereocenters. The number of nitriles is 1. The minimum Gasteiger partial charge on any atom is -0.397 e. The van der Waals surface area contributed by atoms with Gasteiger partial charge in [0.15, 0.2) is 0 Å². The van der Waals surface area contributed by atoms with Gasteiger partial charge in [-0.1, -0.05) is 6.92 Å². The van der Waals surface area contributed by atoms with Crippen LogP contribution in [0.2, 0.25) is 0 Å². The highest BCUT2D eigenvalue weighted by atomic mass is 15.2. The summed E-state index contributed by atoms with van der Waals surface area (Å²) in [5.74, 6) is 1.43. The van der Waals surface area contributed by atoms with Crippen LogP contribution < -0.4 is 10.6 Å². The number of aromatic nitrogens is 1. The standard InChI is InChI=1S/C13H18N4/c1-9-3-4-10(2)17(8-9)13-11(6-14)5-12(15)7-16-13/h5,7,9-10H,3-4,8,15H2,1-2H3. The van der Waals surface area contributed by atoms with Crippen molar-refractivity contribution in [3.8, 4) is 6.07 Å². The third-order valence-electron chi connectivity index (χ3n) is 3.40. The first-order valence-electron chi connectivity index (χ1n) is 6.04. The highest BCUT2D eigenvalue weighted by Gasteiger charge is 2.25. The van der Waals surface area contributed by atoms with Crippen molar-refractivity contribution in [3.05, 3.63) is 17.8 Å². The Kier molecular flexibility index (Phi) is 3.19. The number of nitrogen functional groups attached to an aromatic ring is 1. The second kappa shape index (κ2) is 4.62. The van der Waals surface area contributed by atoms with Crippen molar-refractivity contribution < 1.29 is 0 Å². The van der Waals surface area contributed by atoms with Crippen LogP contribution in [0.4, 0.5) is 11.5 Å². The molecule has 0 spiro atoms. The SMILES string of the molecule is CC1CCC(C)N(c2ncc(N)cc2C#N)C1. The summed E-state index contributed by atoms with van der Waals surface area (Å²) >= 11 is 0. The first-order valence-corrected chi connectivity index (χ1v) is 6.04. The van der Waals surface area contributed by atoms with Crippen molar-refractivity contribution in [3.63, 3.8) is 0 Å². The number of nitrogens with two attached hydrogens (primary N) is 1. The fourth-order valence-corrected chi connectivity index (χ4v) is 2.37. The highest BCUT2D eigenvalue weighted by Crippen LogP contribution is 2.28. The summed E-state index contributed by atoms with van der Waals surface area (Å²) in [6, 6.07) is 4.33. The molecule has 90 valence electrons. The van der Waals surface area contributed by atoms with Crippen molar-refractivity contribution in [1.82, 2.24) is 4.98 Å². The lowest BCUT2D eigenvalue weighted by atomic mass is 9.94. The Morgan fingerprint density at radius 1 is 1.47 bits per heavy atom. The van der Waals surface area contributed by atoms with Gasteiger partial charge in [-0.15, -0.1) is 0 Å². The summed E-state index contributed by atoms with van der Waals surface area (Å²) in [5.41, 5.74) is 6.78. The van der Waals surface area contributed by atoms with E-state index in [4.69, 9.17) is 11.0 Å². The second-order valence-corrected chi connectivity index (χ2v) is 4.94. The number of anilines is 2. The number of rotatable bonds is 1. The first-order chi connectivity index (χ1) is 8.11. The predicted molar refractivity (Wildman–Crippen MR) is 68.6 cm³/mol. The summed E-state index contributed by atoms with van der Waals surface area (Å²) in [7, 11) is 0. The number of hydrogen-bond donors (Lipinski definition) is 1. The van der Waals surface area contributed by atoms with Crippen molar-refractivity contribution in [1.29, 1.82) is 5.26 Å². The van der Waals surface area contributed by atoms with Crippen LogP contribution in [-0.4, -0.2) is 17.6 Å². The third kappa shape index (κ3) is 2.33. The van der Waals surface area contributed by atoms with E-state index in [1.165, 1.54) is 6.42 Å². The summed E-state index contributed by atoms with van der Waals surface area (Å²) in [6.45, 7) is 5.39. The monoisotopic (exact) mass is 230 g/mol. The third-order valence-corrected chi connectivity index (χ3v) is 3.40. The lowest BCUT2D eigenvalue weighted by Gasteiger charge is -2.38. The summed E-state index contributed by atoms with van der Waals surface area (Å²) in [6.07, 6.45) is 4.02. The van der Waals surface area contributed by atoms with E-state index in [9.17, 15) is 0 Å². The molecule has 0 saturated carbocycles. The molecule has 0 bridgehead atoms. The van der Waals surface area contributed by atoms with E-state index in [1.807, 2.05) is 0 Å². The molecule has 2 rings (SSSR count). The van der Waals surface area contributed by atoms with Crippen LogP contribution in [0.15, 0.2) is 12.3 Å². The quantitative estimate of drug-likeness (QED) is 0.802. The molecule has 1 aliphatic rings. The lowest BCUT2D eigenvalue weighted by Crippen LogP contribution is -2.42. The molecule has 17 heavy (non-hydrogen) atoms. The summed E-state index contributed by atoms with van der Waals surface area (Å²) in [5, 5.41) is 9.15. The first kappa shape index (κ1) is 11.7. The number of pyridine rings is 1. The topological polar surface area (TPSA) is 65.9 Å². The molecule has 2 heterocycles. The largest absolute Gasteiger partial charge is 0.397 e. The highest BCUT2D eigenvalue weighted by molar-refractivity contribution is 5.59. The maximum absolute atomic E-state index is 9.15. The molecule has 4 nitrogen and oxygen atoms in total. The molecule has 1 fully saturated rings. The van der Waals surface area contributed by atoms with Gasteiger partial charge >= 0.3 is 0 Å². The minimum atomic E-state index is 0.439. The number of hydrogen-bond acceptors (Lipinski definition) is 4. The van der Waals surface area contributed by atoms with E-state index in [2.05, 4.69) is 29.8 Å². The number of piperidine rings is 1. The molecule has 2 unspecified atom stereocenters. The molecule has 0 aromatic carbocycles. The Hall–Kier alpha value is -1.76. The van der Waals surface area contributed by atoms with Crippen LogP contribution in [0.25, 0.3) is 0 Å². The van der Waals surface area contributed by atoms with E-state index in [0.29, 0.717) is 23.2 Å². The Labute approximate surface area is 102 Å². The number of nitrogens with zero attached hydrogens (tertiary/aromatic N) is 3. The maximum atomic E-state index is 9.15. The molecule has 0 amide bonds. The van der Waals surface area contributed by atoms with Crippen LogP contribution in [0, 0.1) is 17.2 Å². The van der Waals surface area contributed by atoms with Crippen LogP contribution in [0.1, 0.15) is 32.3 Å². The van der Waals surface area contributed by atoms with Gasteiger partial charge in [-0.05, 0) is 31.7 Å². The van der Waals surface area contributed by atoms with Gasteiger partial charge in [0.25, 0.3) is 0 Å². The van der Waals surface area contributed by atoms with Gasteiger partial charge in [0.2, 0.25) is 0 Å². The normalized spacial score (nSPS) is 24.4. The molecule has 0 radical (unpaired) electrons. The molecular weight excluding hydrogens is 212 g/mol. The zero-order chi connectivity index (χ0) is 12.4. The van der Waals surface area contributed by atoms with E-state index < -0.39 is 0 Å². The van der Waals surface area contributed by atoms with E-state index in [-0.39, 0.29) is 0 Å². The van der Waals surface area contributed by atoms with Crippen molar-refractivity contribution in [2.24, 2.45) is 5.92 Å². The molecule has 1 aromatic rings. The van der Waals surface area contributed by atoms with Gasteiger partial charge in [0.05, 0.1) is 17.4 Å². The second-order valence-electron chi connectivity index (χ2n) is 4.94. The van der Waals surface area contributed by atoms with Crippen LogP contribution in [-0.2, 0) is 0 Å². The average Bonchev–Trinajstić information content (AvgIpc) is 2.32. The lowest BCUT2D eigenvalue weighted by molar-refractivity contribution is 0.388. The van der Waals surface area contributed by atoms with Gasteiger partial charge in [0, 0.05) is 12.6 Å². The Morgan fingerprint density at radius 2 is 2.24 bits per heavy atom. The Bertz CT molecular complexity index is 449. The fourth-order valence-electron chi connectivity index (χ4n) is 2.37. The van der Waals surface area contributed by atoms with Crippen molar-refractivity contribution >= 4 is 11.5 Å². The fraction of sp³-hybridized carbons (Fsp3) is 0.538. The zero-order valence-electron chi connectivity index (χ0n) is 10.3. The van der Waals surface area contributed by atoms with Crippen LogP contribution >= 0.6 is 0 Å². The van der Waals surface area contributed by atoms with Crippen molar-refractivity contribution in [2.45, 2.75) is 32.7 Å². The molecule has 0 aliphatic carbocycles. The Morgan fingerprint density at radius 3 is 2.94 bits per heavy atom. The Balaban J connectivity index is 2.35. The smallest absolute Gasteiger partial charge is 0.146 e. The molecule has 1 aromatic heterocycles. The summed E-state index contributed by atoms with van der Waals surface area (Å²) < 4.78 is 0. The maximum Gasteiger partial charge on any atom is 0.146 e. The molecule has 1 saturated heterocycles. The van der Waals surface area contributed by atoms with Gasteiger partial charge in [-0.2, -0.15) is 5.26 Å². The van der Waals surface area contributed by atoms with Gasteiger partial charge in [0.1, 0.15) is 11.9 Å². The van der Waals surface area contributed by atoms with Gasteiger partial charge in [-0.3, -0.25) is 0 Å². The molecule has 1 aliphatic heterocycles. The van der Waals surface area contributed by atoms with E-state index in [1.54, 1.807) is 12.3 Å². The zero-order valence-corrected chi connectivity index (χ0v) is 10.3.